The first kappa shape index (κ1) is 22.4. The number of nitrogens with one attached hydrogen (secondary N) is 1. The smallest absolute Gasteiger partial charge is 0.235 e. The Kier molecular flexibility index (Phi) is 6.82. The second-order valence-electron chi connectivity index (χ2n) is 8.02. The molecule has 0 saturated carbocycles. The molecule has 0 bridgehead atoms. The maximum absolute atomic E-state index is 12.6. The molecule has 2 aromatic heterocycles. The largest absolute Gasteiger partial charge is 0.378 e. The highest BCUT2D eigenvalue weighted by Crippen LogP contribution is 2.37. The fourth-order valence-electron chi connectivity index (χ4n) is 3.84. The number of carbonyl (C=O) groups excluding carboxylic acids is 1. The summed E-state index contributed by atoms with van der Waals surface area (Å²) in [6.45, 7) is 0. The lowest BCUT2D eigenvalue weighted by atomic mass is 10.1. The molecule has 0 unspecified atom stereocenters. The van der Waals surface area contributed by atoms with Crippen LogP contribution in [0.4, 0.5) is 10.7 Å². The van der Waals surface area contributed by atoms with E-state index < -0.39 is 0 Å². The Morgan fingerprint density at radius 3 is 2.69 bits per heavy atom. The quantitative estimate of drug-likeness (QED) is 0.426. The van der Waals surface area contributed by atoms with E-state index in [1.165, 1.54) is 23.1 Å². The van der Waals surface area contributed by atoms with Crippen molar-refractivity contribution in [2.45, 2.75) is 37.3 Å². The van der Waals surface area contributed by atoms with Gasteiger partial charge >= 0.3 is 0 Å². The van der Waals surface area contributed by atoms with E-state index in [1.807, 2.05) is 54.9 Å². The van der Waals surface area contributed by atoms with Crippen LogP contribution < -0.4 is 10.2 Å². The SMILES string of the molecule is CN(C)c1ccc(-c2nnc(SCC(=O)Nc3sc4c(c3C#N)CCCCC4)n2C)cc1. The van der Waals surface area contributed by atoms with Crippen molar-refractivity contribution in [3.63, 3.8) is 0 Å². The maximum atomic E-state index is 12.6. The van der Waals surface area contributed by atoms with Gasteiger partial charge in [0.25, 0.3) is 0 Å². The first-order valence-electron chi connectivity index (χ1n) is 10.6. The number of carbonyl (C=O) groups is 1. The summed E-state index contributed by atoms with van der Waals surface area (Å²) in [5.41, 5.74) is 3.87. The van der Waals surface area contributed by atoms with E-state index in [9.17, 15) is 10.1 Å². The predicted octanol–water partition coefficient (Wildman–Crippen LogP) is 4.48. The van der Waals surface area contributed by atoms with Gasteiger partial charge in [-0.2, -0.15) is 5.26 Å². The van der Waals surface area contributed by atoms with Crippen LogP contribution in [0.1, 0.15) is 35.3 Å². The van der Waals surface area contributed by atoms with Crippen LogP contribution in [-0.2, 0) is 24.7 Å². The number of amides is 1. The van der Waals surface area contributed by atoms with Gasteiger partial charge < -0.3 is 14.8 Å². The molecular weight excluding hydrogens is 440 g/mol. The Balaban J connectivity index is 1.42. The number of aromatic nitrogens is 3. The number of fused-ring (bicyclic) bond motifs is 1. The van der Waals surface area contributed by atoms with Crippen LogP contribution in [0.2, 0.25) is 0 Å². The van der Waals surface area contributed by atoms with Gasteiger partial charge in [-0.3, -0.25) is 4.79 Å². The summed E-state index contributed by atoms with van der Waals surface area (Å²) in [6, 6.07) is 10.4. The highest BCUT2D eigenvalue weighted by atomic mass is 32.2. The number of nitriles is 1. The second kappa shape index (κ2) is 9.76. The number of thiophene rings is 1. The average molecular weight is 467 g/mol. The highest BCUT2D eigenvalue weighted by molar-refractivity contribution is 7.99. The molecule has 4 rings (SSSR count). The number of anilines is 2. The molecule has 1 amide bonds. The molecule has 0 fully saturated rings. The third-order valence-electron chi connectivity index (χ3n) is 5.60. The lowest BCUT2D eigenvalue weighted by Crippen LogP contribution is -2.14. The third-order valence-corrected chi connectivity index (χ3v) is 7.82. The van der Waals surface area contributed by atoms with Crippen molar-refractivity contribution < 1.29 is 4.79 Å². The zero-order valence-corrected chi connectivity index (χ0v) is 20.1. The molecule has 1 aliphatic rings. The average Bonchev–Trinajstić information content (AvgIpc) is 3.22. The first-order valence-corrected chi connectivity index (χ1v) is 12.4. The summed E-state index contributed by atoms with van der Waals surface area (Å²) >= 11 is 2.90. The van der Waals surface area contributed by atoms with Crippen LogP contribution in [-0.4, -0.2) is 40.5 Å². The number of aryl methyl sites for hydroxylation is 1. The Hall–Kier alpha value is -2.83. The Bertz CT molecular complexity index is 1160. The number of hydrogen-bond acceptors (Lipinski definition) is 7. The van der Waals surface area contributed by atoms with Crippen LogP contribution in [0, 0.1) is 11.3 Å². The topological polar surface area (TPSA) is 86.8 Å². The molecule has 3 aromatic rings. The molecule has 1 aromatic carbocycles. The van der Waals surface area contributed by atoms with E-state index in [0.29, 0.717) is 15.7 Å². The van der Waals surface area contributed by atoms with Gasteiger partial charge in [0.15, 0.2) is 11.0 Å². The van der Waals surface area contributed by atoms with Crippen molar-refractivity contribution in [3.8, 4) is 17.5 Å². The summed E-state index contributed by atoms with van der Waals surface area (Å²) < 4.78 is 1.90. The van der Waals surface area contributed by atoms with Crippen LogP contribution in [0.5, 0.6) is 0 Å². The Morgan fingerprint density at radius 1 is 1.22 bits per heavy atom. The van der Waals surface area contributed by atoms with Crippen molar-refractivity contribution in [1.82, 2.24) is 14.8 Å². The number of nitrogens with zero attached hydrogens (tertiary/aromatic N) is 5. The monoisotopic (exact) mass is 466 g/mol. The summed E-state index contributed by atoms with van der Waals surface area (Å²) in [7, 11) is 5.91. The molecule has 32 heavy (non-hydrogen) atoms. The van der Waals surface area contributed by atoms with E-state index in [4.69, 9.17) is 0 Å². The van der Waals surface area contributed by atoms with Crippen LogP contribution in [0.15, 0.2) is 29.4 Å². The molecule has 7 nitrogen and oxygen atoms in total. The van der Waals surface area contributed by atoms with Gasteiger partial charge in [-0.15, -0.1) is 21.5 Å². The Labute approximate surface area is 196 Å². The van der Waals surface area contributed by atoms with Crippen molar-refractivity contribution in [2.24, 2.45) is 7.05 Å². The standard InChI is InChI=1S/C23H26N6OS2/c1-28(2)16-11-9-15(10-12-16)21-26-27-23(29(21)3)31-14-20(30)25-22-18(13-24)17-7-5-4-6-8-19(17)32-22/h9-12H,4-8,14H2,1-3H3,(H,25,30). The number of benzene rings is 1. The van der Waals surface area contributed by atoms with Gasteiger partial charge in [0, 0.05) is 37.3 Å². The minimum Gasteiger partial charge on any atom is -0.378 e. The molecule has 0 radical (unpaired) electrons. The van der Waals surface area contributed by atoms with Crippen molar-refractivity contribution in [2.75, 3.05) is 30.1 Å². The fourth-order valence-corrected chi connectivity index (χ4v) is 5.81. The summed E-state index contributed by atoms with van der Waals surface area (Å²) in [5, 5.41) is 22.5. The van der Waals surface area contributed by atoms with Gasteiger partial charge in [-0.05, 0) is 55.5 Å². The predicted molar refractivity (Wildman–Crippen MR) is 130 cm³/mol. The third kappa shape index (κ3) is 4.66. The normalized spacial score (nSPS) is 13.2. The number of rotatable bonds is 6. The second-order valence-corrected chi connectivity index (χ2v) is 10.1. The van der Waals surface area contributed by atoms with Crippen molar-refractivity contribution >= 4 is 39.7 Å². The highest BCUT2D eigenvalue weighted by Gasteiger charge is 2.21. The van der Waals surface area contributed by atoms with Crippen LogP contribution in [0.25, 0.3) is 11.4 Å². The van der Waals surface area contributed by atoms with Gasteiger partial charge in [0.05, 0.1) is 11.3 Å². The van der Waals surface area contributed by atoms with E-state index in [-0.39, 0.29) is 11.7 Å². The van der Waals surface area contributed by atoms with E-state index in [0.717, 1.165) is 48.3 Å². The maximum Gasteiger partial charge on any atom is 0.235 e. The molecule has 2 heterocycles. The lowest BCUT2D eigenvalue weighted by Gasteiger charge is -2.12. The zero-order valence-electron chi connectivity index (χ0n) is 18.5. The van der Waals surface area contributed by atoms with Gasteiger partial charge in [0.2, 0.25) is 5.91 Å². The Morgan fingerprint density at radius 2 is 1.97 bits per heavy atom. The van der Waals surface area contributed by atoms with Crippen LogP contribution in [0.3, 0.4) is 0 Å². The minimum absolute atomic E-state index is 0.136. The van der Waals surface area contributed by atoms with E-state index in [1.54, 1.807) is 11.3 Å². The summed E-state index contributed by atoms with van der Waals surface area (Å²) in [4.78, 5) is 15.9. The fraction of sp³-hybridized carbons (Fsp3) is 0.391. The number of thioether (sulfide) groups is 1. The summed E-state index contributed by atoms with van der Waals surface area (Å²) in [5.74, 6) is 0.827. The van der Waals surface area contributed by atoms with Crippen molar-refractivity contribution in [1.29, 1.82) is 5.26 Å². The molecular formula is C23H26N6OS2. The molecule has 166 valence electrons. The molecule has 0 saturated heterocycles. The van der Waals surface area contributed by atoms with E-state index >= 15 is 0 Å². The lowest BCUT2D eigenvalue weighted by molar-refractivity contribution is -0.113. The van der Waals surface area contributed by atoms with Crippen molar-refractivity contribution in [3.05, 3.63) is 40.3 Å². The minimum atomic E-state index is -0.136. The molecule has 0 atom stereocenters. The van der Waals surface area contributed by atoms with Crippen LogP contribution >= 0.6 is 23.1 Å². The molecule has 0 aliphatic heterocycles. The molecule has 1 N–H and O–H groups in total. The van der Waals surface area contributed by atoms with Gasteiger partial charge in [-0.1, -0.05) is 18.2 Å². The van der Waals surface area contributed by atoms with Gasteiger partial charge in [-0.25, -0.2) is 0 Å². The molecule has 0 spiro atoms. The first-order chi connectivity index (χ1) is 15.5. The molecule has 1 aliphatic carbocycles. The van der Waals surface area contributed by atoms with E-state index in [2.05, 4.69) is 21.6 Å². The summed E-state index contributed by atoms with van der Waals surface area (Å²) in [6.07, 6.45) is 5.37. The zero-order chi connectivity index (χ0) is 22.7. The molecule has 9 heteroatoms. The number of hydrogen-bond donors (Lipinski definition) is 1. The van der Waals surface area contributed by atoms with Gasteiger partial charge in [0.1, 0.15) is 11.1 Å².